The molecule has 0 spiro atoms. The smallest absolute Gasteiger partial charge is 0.306 e. The van der Waals surface area contributed by atoms with E-state index < -0.39 is 18.2 Å². The van der Waals surface area contributed by atoms with Gasteiger partial charge in [-0.1, -0.05) is 248 Å². The normalized spacial score (nSPS) is 13.7. The fourth-order valence-corrected chi connectivity index (χ4v) is 8.41. The second-order valence-corrected chi connectivity index (χ2v) is 19.4. The Morgan fingerprint density at radius 3 is 1.30 bits per heavy atom. The minimum absolute atomic E-state index is 0.0335. The van der Waals surface area contributed by atoms with Gasteiger partial charge in [0.25, 0.3) is 0 Å². The van der Waals surface area contributed by atoms with E-state index in [0.717, 1.165) is 77.0 Å². The molecule has 0 aromatic carbocycles. The van der Waals surface area contributed by atoms with Gasteiger partial charge in [-0.3, -0.25) is 9.59 Å². The Labute approximate surface area is 415 Å². The molecule has 0 aliphatic heterocycles. The van der Waals surface area contributed by atoms with Crippen LogP contribution in [0, 0.1) is 0 Å². The van der Waals surface area contributed by atoms with Crippen molar-refractivity contribution >= 4 is 11.9 Å². The molecule has 0 aromatic rings. The predicted octanol–water partition coefficient (Wildman–Crippen LogP) is 17.7. The maximum Gasteiger partial charge on any atom is 0.306 e. The molecule has 388 valence electrons. The molecule has 6 nitrogen and oxygen atoms in total. The van der Waals surface area contributed by atoms with Gasteiger partial charge in [0.15, 0.2) is 0 Å². The molecule has 0 saturated heterocycles. The SMILES string of the molecule is CCCCC/C=C\C/C=C\C/C=C\C/C=C\CCCC(CC(=O)NC(CO)C(O)CCCCCCCCCCCCCCCCCC)OC(=O)CCCCCCCC/C=C/C=C/CCCCC. The standard InChI is InChI=1S/C61H109NO5/c1-4-7-10-13-16-19-22-25-28-30-32-34-37-40-43-46-49-52-57(67-61(66)54-51-48-45-42-39-36-31-27-24-21-18-15-12-9-6-3)55-60(65)62-58(56-63)59(64)53-50-47-44-41-38-35-33-29-26-23-20-17-14-11-8-5-2/h16,18-19,21,24-25,27-28,32,34,40,43,57-59,63-64H,4-15,17,20,22-23,26,29-31,33,35-39,41-42,44-56H2,1-3H3,(H,62,65)/b19-16-,21-18+,27-24+,28-25-,34-32-,43-40-. The third-order valence-electron chi connectivity index (χ3n) is 12.8. The first kappa shape index (κ1) is 64.3. The molecule has 0 radical (unpaired) electrons. The molecule has 3 N–H and O–H groups in total. The number of rotatable bonds is 51. The fourth-order valence-electron chi connectivity index (χ4n) is 8.41. The van der Waals surface area contributed by atoms with E-state index in [1.54, 1.807) is 0 Å². The minimum atomic E-state index is -0.808. The lowest BCUT2D eigenvalue weighted by Crippen LogP contribution is -2.46. The second-order valence-electron chi connectivity index (χ2n) is 19.4. The number of aliphatic hydroxyl groups excluding tert-OH is 2. The average molecular weight is 937 g/mol. The van der Waals surface area contributed by atoms with Gasteiger partial charge in [0.2, 0.25) is 5.91 Å². The van der Waals surface area contributed by atoms with Crippen molar-refractivity contribution < 1.29 is 24.5 Å². The number of hydrogen-bond acceptors (Lipinski definition) is 5. The molecule has 0 rings (SSSR count). The van der Waals surface area contributed by atoms with Crippen LogP contribution in [0.15, 0.2) is 72.9 Å². The highest BCUT2D eigenvalue weighted by Gasteiger charge is 2.24. The molecule has 1 amide bonds. The zero-order valence-electron chi connectivity index (χ0n) is 44.3. The minimum Gasteiger partial charge on any atom is -0.462 e. The van der Waals surface area contributed by atoms with E-state index in [-0.39, 0.29) is 24.9 Å². The third-order valence-corrected chi connectivity index (χ3v) is 12.8. The highest BCUT2D eigenvalue weighted by Crippen LogP contribution is 2.17. The lowest BCUT2D eigenvalue weighted by molar-refractivity contribution is -0.151. The predicted molar refractivity (Wildman–Crippen MR) is 291 cm³/mol. The molecule has 3 unspecified atom stereocenters. The van der Waals surface area contributed by atoms with Crippen LogP contribution in [0.5, 0.6) is 0 Å². The average Bonchev–Trinajstić information content (AvgIpc) is 3.32. The zero-order valence-corrected chi connectivity index (χ0v) is 44.3. The van der Waals surface area contributed by atoms with E-state index >= 15 is 0 Å². The molecule has 0 aliphatic rings. The number of hydrogen-bond donors (Lipinski definition) is 3. The van der Waals surface area contributed by atoms with Crippen molar-refractivity contribution in [3.8, 4) is 0 Å². The van der Waals surface area contributed by atoms with E-state index in [4.69, 9.17) is 4.74 Å². The molecule has 0 aliphatic carbocycles. The first-order valence-corrected chi connectivity index (χ1v) is 28.7. The van der Waals surface area contributed by atoms with Crippen LogP contribution in [-0.2, 0) is 14.3 Å². The number of amides is 1. The zero-order chi connectivity index (χ0) is 48.8. The van der Waals surface area contributed by atoms with Crippen molar-refractivity contribution in [3.63, 3.8) is 0 Å². The summed E-state index contributed by atoms with van der Waals surface area (Å²) >= 11 is 0. The van der Waals surface area contributed by atoms with E-state index in [9.17, 15) is 19.8 Å². The van der Waals surface area contributed by atoms with Gasteiger partial charge < -0.3 is 20.3 Å². The molecular formula is C61H109NO5. The molecule has 67 heavy (non-hydrogen) atoms. The van der Waals surface area contributed by atoms with Crippen molar-refractivity contribution in [2.45, 2.75) is 296 Å². The summed E-state index contributed by atoms with van der Waals surface area (Å²) in [7, 11) is 0. The number of carbonyl (C=O) groups is 2. The summed E-state index contributed by atoms with van der Waals surface area (Å²) in [4.78, 5) is 26.2. The number of aliphatic hydroxyl groups is 2. The first-order valence-electron chi connectivity index (χ1n) is 28.7. The summed E-state index contributed by atoms with van der Waals surface area (Å²) in [5.41, 5.74) is 0. The number of allylic oxidation sites excluding steroid dienone is 12. The number of esters is 1. The lowest BCUT2D eigenvalue weighted by Gasteiger charge is -2.24. The van der Waals surface area contributed by atoms with Crippen LogP contribution in [-0.4, -0.2) is 46.9 Å². The van der Waals surface area contributed by atoms with Gasteiger partial charge in [0, 0.05) is 6.42 Å². The van der Waals surface area contributed by atoms with Gasteiger partial charge in [-0.2, -0.15) is 0 Å². The largest absolute Gasteiger partial charge is 0.462 e. The fraction of sp³-hybridized carbons (Fsp3) is 0.770. The summed E-state index contributed by atoms with van der Waals surface area (Å²) in [6.07, 6.45) is 69.6. The Kier molecular flexibility index (Phi) is 52.1. The Morgan fingerprint density at radius 1 is 0.448 bits per heavy atom. The Morgan fingerprint density at radius 2 is 0.821 bits per heavy atom. The molecule has 0 aromatic heterocycles. The van der Waals surface area contributed by atoms with Gasteiger partial charge >= 0.3 is 5.97 Å². The van der Waals surface area contributed by atoms with Gasteiger partial charge in [-0.25, -0.2) is 0 Å². The van der Waals surface area contributed by atoms with E-state index in [1.165, 1.54) is 154 Å². The number of unbranched alkanes of at least 4 members (excludes halogenated alkanes) is 28. The van der Waals surface area contributed by atoms with Gasteiger partial charge in [-0.05, 0) is 89.9 Å². The monoisotopic (exact) mass is 936 g/mol. The van der Waals surface area contributed by atoms with Crippen LogP contribution in [0.2, 0.25) is 0 Å². The molecule has 3 atom stereocenters. The van der Waals surface area contributed by atoms with E-state index in [1.807, 2.05) is 0 Å². The second kappa shape index (κ2) is 54.2. The molecule has 0 heterocycles. The van der Waals surface area contributed by atoms with E-state index in [2.05, 4.69) is 99.0 Å². The molecule has 0 saturated carbocycles. The molecule has 6 heteroatoms. The molecular weight excluding hydrogens is 827 g/mol. The highest BCUT2D eigenvalue weighted by atomic mass is 16.5. The van der Waals surface area contributed by atoms with Gasteiger partial charge in [0.05, 0.1) is 25.2 Å². The number of nitrogens with one attached hydrogen (secondary N) is 1. The van der Waals surface area contributed by atoms with Crippen molar-refractivity contribution in [3.05, 3.63) is 72.9 Å². The van der Waals surface area contributed by atoms with Crippen molar-refractivity contribution in [2.75, 3.05) is 6.61 Å². The van der Waals surface area contributed by atoms with Gasteiger partial charge in [-0.15, -0.1) is 0 Å². The quantitative estimate of drug-likeness (QED) is 0.0244. The van der Waals surface area contributed by atoms with Crippen LogP contribution >= 0.6 is 0 Å². The highest BCUT2D eigenvalue weighted by molar-refractivity contribution is 5.77. The Balaban J connectivity index is 4.67. The van der Waals surface area contributed by atoms with Crippen molar-refractivity contribution in [1.82, 2.24) is 5.32 Å². The maximum atomic E-state index is 13.3. The number of carbonyl (C=O) groups excluding carboxylic acids is 2. The van der Waals surface area contributed by atoms with Crippen molar-refractivity contribution in [1.29, 1.82) is 0 Å². The van der Waals surface area contributed by atoms with Crippen LogP contribution in [0.3, 0.4) is 0 Å². The Hall–Kier alpha value is -2.70. The van der Waals surface area contributed by atoms with Crippen LogP contribution in [0.25, 0.3) is 0 Å². The van der Waals surface area contributed by atoms with Gasteiger partial charge in [0.1, 0.15) is 6.10 Å². The van der Waals surface area contributed by atoms with E-state index in [0.29, 0.717) is 19.3 Å². The van der Waals surface area contributed by atoms with Crippen LogP contribution < -0.4 is 5.32 Å². The summed E-state index contributed by atoms with van der Waals surface area (Å²) in [5.74, 6) is -0.538. The summed E-state index contributed by atoms with van der Waals surface area (Å²) in [6.45, 7) is 6.43. The first-order chi connectivity index (χ1) is 33.0. The van der Waals surface area contributed by atoms with Crippen LogP contribution in [0.1, 0.15) is 278 Å². The van der Waals surface area contributed by atoms with Crippen molar-refractivity contribution in [2.24, 2.45) is 0 Å². The topological polar surface area (TPSA) is 95.9 Å². The maximum absolute atomic E-state index is 13.3. The summed E-state index contributed by atoms with van der Waals surface area (Å²) < 4.78 is 5.92. The summed E-state index contributed by atoms with van der Waals surface area (Å²) in [6, 6.07) is -0.725. The third kappa shape index (κ3) is 49.5. The molecule has 0 fully saturated rings. The Bertz CT molecular complexity index is 1230. The summed E-state index contributed by atoms with van der Waals surface area (Å²) in [5, 5.41) is 23.9. The molecule has 0 bridgehead atoms. The van der Waals surface area contributed by atoms with Crippen LogP contribution in [0.4, 0.5) is 0 Å². The lowest BCUT2D eigenvalue weighted by atomic mass is 10.0. The number of ether oxygens (including phenoxy) is 1.